The molecule has 0 radical (unpaired) electrons. The number of thiophene rings is 2. The Balaban J connectivity index is 1.49. The van der Waals surface area contributed by atoms with Crippen LogP contribution in [-0.2, 0) is 16.1 Å². The van der Waals surface area contributed by atoms with Gasteiger partial charge in [0, 0.05) is 10.9 Å². The third-order valence-corrected chi connectivity index (χ3v) is 6.15. The van der Waals surface area contributed by atoms with Gasteiger partial charge in [-0.15, -0.1) is 22.7 Å². The maximum atomic E-state index is 12.3. The molecule has 3 rings (SSSR count). The fraction of sp³-hybridized carbons (Fsp3) is 0.389. The summed E-state index contributed by atoms with van der Waals surface area (Å²) in [7, 11) is 0. The molecule has 2 aromatic rings. The van der Waals surface area contributed by atoms with Gasteiger partial charge in [-0.3, -0.25) is 14.4 Å². The Labute approximate surface area is 154 Å². The molecule has 2 N–H and O–H groups in total. The number of carbonyl (C=O) groups excluding carboxylic acids is 3. The van der Waals surface area contributed by atoms with E-state index >= 15 is 0 Å². The Morgan fingerprint density at radius 3 is 2.52 bits per heavy atom. The van der Waals surface area contributed by atoms with E-state index in [1.54, 1.807) is 12.1 Å². The van der Waals surface area contributed by atoms with E-state index in [9.17, 15) is 14.4 Å². The van der Waals surface area contributed by atoms with Crippen LogP contribution in [0.3, 0.4) is 0 Å². The van der Waals surface area contributed by atoms with Crippen molar-refractivity contribution in [2.24, 2.45) is 0 Å². The molecule has 0 aliphatic heterocycles. The van der Waals surface area contributed by atoms with E-state index in [4.69, 9.17) is 0 Å². The molecule has 0 atom stereocenters. The van der Waals surface area contributed by atoms with Gasteiger partial charge >= 0.3 is 11.8 Å². The number of hydrogen-bond donors (Lipinski definition) is 2. The SMILES string of the molecule is O=C(NCc1ccc(C(=O)c2cccs2)s1)C(=O)NC1CCCCC1. The minimum Gasteiger partial charge on any atom is -0.345 e. The third kappa shape index (κ3) is 4.76. The van der Waals surface area contributed by atoms with Crippen molar-refractivity contribution in [1.29, 1.82) is 0 Å². The second kappa shape index (κ2) is 8.40. The van der Waals surface area contributed by atoms with E-state index in [2.05, 4.69) is 10.6 Å². The quantitative estimate of drug-likeness (QED) is 0.622. The number of carbonyl (C=O) groups is 3. The summed E-state index contributed by atoms with van der Waals surface area (Å²) in [5.41, 5.74) is 0. The highest BCUT2D eigenvalue weighted by atomic mass is 32.1. The van der Waals surface area contributed by atoms with Crippen LogP contribution in [0.15, 0.2) is 29.6 Å². The van der Waals surface area contributed by atoms with Crippen molar-refractivity contribution in [3.63, 3.8) is 0 Å². The van der Waals surface area contributed by atoms with Crippen LogP contribution in [0, 0.1) is 0 Å². The first-order valence-electron chi connectivity index (χ1n) is 8.39. The van der Waals surface area contributed by atoms with E-state index < -0.39 is 11.8 Å². The largest absolute Gasteiger partial charge is 0.345 e. The van der Waals surface area contributed by atoms with Crippen LogP contribution in [0.25, 0.3) is 0 Å². The average Bonchev–Trinajstić information content (AvgIpc) is 3.32. The Hall–Kier alpha value is -1.99. The summed E-state index contributed by atoms with van der Waals surface area (Å²) in [6.07, 6.45) is 5.28. The van der Waals surface area contributed by atoms with Gasteiger partial charge in [-0.25, -0.2) is 0 Å². The van der Waals surface area contributed by atoms with E-state index in [-0.39, 0.29) is 18.4 Å². The first-order chi connectivity index (χ1) is 12.1. The minimum atomic E-state index is -0.620. The lowest BCUT2D eigenvalue weighted by Gasteiger charge is -2.22. The first kappa shape index (κ1) is 17.8. The zero-order valence-corrected chi connectivity index (χ0v) is 15.4. The van der Waals surface area contributed by atoms with E-state index in [1.807, 2.05) is 17.5 Å². The van der Waals surface area contributed by atoms with Gasteiger partial charge < -0.3 is 10.6 Å². The lowest BCUT2D eigenvalue weighted by atomic mass is 9.95. The molecule has 132 valence electrons. The van der Waals surface area contributed by atoms with Gasteiger partial charge in [0.2, 0.25) is 5.78 Å². The summed E-state index contributed by atoms with van der Waals surface area (Å²) in [5, 5.41) is 7.29. The van der Waals surface area contributed by atoms with Crippen LogP contribution in [0.5, 0.6) is 0 Å². The molecule has 1 fully saturated rings. The van der Waals surface area contributed by atoms with Crippen LogP contribution in [0.2, 0.25) is 0 Å². The normalized spacial score (nSPS) is 14.9. The van der Waals surface area contributed by atoms with Crippen LogP contribution < -0.4 is 10.6 Å². The number of nitrogens with one attached hydrogen (secondary N) is 2. The lowest BCUT2D eigenvalue weighted by molar-refractivity contribution is -0.139. The average molecular weight is 377 g/mol. The molecule has 0 unspecified atom stereocenters. The first-order valence-corrected chi connectivity index (χ1v) is 10.1. The van der Waals surface area contributed by atoms with Gasteiger partial charge in [0.1, 0.15) is 0 Å². The number of rotatable bonds is 5. The van der Waals surface area contributed by atoms with Gasteiger partial charge in [0.05, 0.1) is 16.3 Å². The minimum absolute atomic E-state index is 0.00684. The maximum absolute atomic E-state index is 12.3. The molecule has 2 aromatic heterocycles. The Bertz CT molecular complexity index is 746. The fourth-order valence-electron chi connectivity index (χ4n) is 2.87. The summed E-state index contributed by atoms with van der Waals surface area (Å²) in [6.45, 7) is 0.249. The highest BCUT2D eigenvalue weighted by Gasteiger charge is 2.20. The number of ketones is 1. The Morgan fingerprint density at radius 1 is 1.00 bits per heavy atom. The molecule has 25 heavy (non-hydrogen) atoms. The van der Waals surface area contributed by atoms with Crippen LogP contribution in [0.1, 0.15) is 51.5 Å². The van der Waals surface area contributed by atoms with Crippen molar-refractivity contribution in [1.82, 2.24) is 10.6 Å². The van der Waals surface area contributed by atoms with Crippen LogP contribution in [-0.4, -0.2) is 23.6 Å². The smallest absolute Gasteiger partial charge is 0.309 e. The zero-order chi connectivity index (χ0) is 17.6. The standard InChI is InChI=1S/C18H20N2O3S2/c21-16(14-7-4-10-24-14)15-9-8-13(25-15)11-19-17(22)18(23)20-12-5-2-1-3-6-12/h4,7-10,12H,1-3,5-6,11H2,(H,19,22)(H,20,23). The van der Waals surface area contributed by atoms with Gasteiger partial charge in [-0.2, -0.15) is 0 Å². The van der Waals surface area contributed by atoms with Crippen molar-refractivity contribution in [3.8, 4) is 0 Å². The predicted molar refractivity (Wildman–Crippen MR) is 98.9 cm³/mol. The van der Waals surface area contributed by atoms with E-state index in [0.717, 1.165) is 30.6 Å². The number of amides is 2. The second-order valence-electron chi connectivity index (χ2n) is 6.06. The van der Waals surface area contributed by atoms with Crippen molar-refractivity contribution >= 4 is 40.3 Å². The molecule has 1 aliphatic rings. The van der Waals surface area contributed by atoms with Crippen LogP contribution in [0.4, 0.5) is 0 Å². The molecule has 0 bridgehead atoms. The molecule has 7 heteroatoms. The van der Waals surface area contributed by atoms with Gasteiger partial charge in [0.25, 0.3) is 0 Å². The molecular formula is C18H20N2O3S2. The predicted octanol–water partition coefficient (Wildman–Crippen LogP) is 3.11. The molecule has 0 aromatic carbocycles. The second-order valence-corrected chi connectivity index (χ2v) is 8.18. The molecule has 2 heterocycles. The lowest BCUT2D eigenvalue weighted by Crippen LogP contribution is -2.44. The topological polar surface area (TPSA) is 75.3 Å². The summed E-state index contributed by atoms with van der Waals surface area (Å²) in [5.74, 6) is -1.20. The molecule has 0 spiro atoms. The fourth-order valence-corrected chi connectivity index (χ4v) is 4.51. The van der Waals surface area contributed by atoms with Gasteiger partial charge in [-0.05, 0) is 36.4 Å². The molecule has 2 amide bonds. The van der Waals surface area contributed by atoms with E-state index in [0.29, 0.717) is 9.75 Å². The summed E-state index contributed by atoms with van der Waals surface area (Å²) in [6, 6.07) is 7.33. The highest BCUT2D eigenvalue weighted by molar-refractivity contribution is 7.16. The van der Waals surface area contributed by atoms with E-state index in [1.165, 1.54) is 29.1 Å². The monoisotopic (exact) mass is 376 g/mol. The van der Waals surface area contributed by atoms with Crippen molar-refractivity contribution < 1.29 is 14.4 Å². The van der Waals surface area contributed by atoms with Crippen molar-refractivity contribution in [2.75, 3.05) is 0 Å². The Morgan fingerprint density at radius 2 is 1.80 bits per heavy atom. The molecule has 5 nitrogen and oxygen atoms in total. The zero-order valence-electron chi connectivity index (χ0n) is 13.7. The molecule has 0 saturated heterocycles. The summed E-state index contributed by atoms with van der Waals surface area (Å²) in [4.78, 5) is 38.3. The molecular weight excluding hydrogens is 356 g/mol. The maximum Gasteiger partial charge on any atom is 0.309 e. The third-order valence-electron chi connectivity index (χ3n) is 4.20. The molecule has 1 saturated carbocycles. The van der Waals surface area contributed by atoms with Crippen LogP contribution >= 0.6 is 22.7 Å². The molecule has 1 aliphatic carbocycles. The number of hydrogen-bond acceptors (Lipinski definition) is 5. The van der Waals surface area contributed by atoms with Crippen molar-refractivity contribution in [3.05, 3.63) is 44.3 Å². The highest BCUT2D eigenvalue weighted by Crippen LogP contribution is 2.22. The van der Waals surface area contributed by atoms with Crippen molar-refractivity contribution in [2.45, 2.75) is 44.7 Å². The van der Waals surface area contributed by atoms with Gasteiger partial charge in [0.15, 0.2) is 0 Å². The summed E-state index contributed by atoms with van der Waals surface area (Å²) < 4.78 is 0. The Kier molecular flexibility index (Phi) is 5.99. The summed E-state index contributed by atoms with van der Waals surface area (Å²) >= 11 is 2.75. The van der Waals surface area contributed by atoms with Gasteiger partial charge in [-0.1, -0.05) is 25.3 Å².